The molecule has 5 nitrogen and oxygen atoms in total. The van der Waals surface area contributed by atoms with Crippen LogP contribution in [-0.2, 0) is 0 Å². The van der Waals surface area contributed by atoms with Crippen LogP contribution in [0.4, 0.5) is 5.69 Å². The molecule has 0 spiro atoms. The maximum Gasteiger partial charge on any atom is 0.354 e. The predicted molar refractivity (Wildman–Crippen MR) is 60.8 cm³/mol. The highest BCUT2D eigenvalue weighted by atomic mass is 16.4. The van der Waals surface area contributed by atoms with Gasteiger partial charge in [0.05, 0.1) is 6.61 Å². The molecule has 1 aromatic heterocycles. The van der Waals surface area contributed by atoms with Crippen molar-refractivity contribution in [1.29, 1.82) is 0 Å². The second-order valence-corrected chi connectivity index (χ2v) is 3.42. The Morgan fingerprint density at radius 1 is 1.50 bits per heavy atom. The highest BCUT2D eigenvalue weighted by Gasteiger charge is 2.09. The molecule has 2 N–H and O–H groups in total. The van der Waals surface area contributed by atoms with Crippen molar-refractivity contribution >= 4 is 11.7 Å². The summed E-state index contributed by atoms with van der Waals surface area (Å²) < 4.78 is 0. The zero-order chi connectivity index (χ0) is 12.0. The summed E-state index contributed by atoms with van der Waals surface area (Å²) >= 11 is 0. The minimum absolute atomic E-state index is 0.0246. The summed E-state index contributed by atoms with van der Waals surface area (Å²) in [5, 5.41) is 17.7. The fourth-order valence-corrected chi connectivity index (χ4v) is 1.49. The number of carboxylic acids is 1. The Bertz CT molecular complexity index is 349. The molecule has 1 heterocycles. The normalized spacial score (nSPS) is 10.1. The van der Waals surface area contributed by atoms with E-state index >= 15 is 0 Å². The maximum absolute atomic E-state index is 10.8. The molecule has 0 aliphatic heterocycles. The second kappa shape index (κ2) is 6.07. The van der Waals surface area contributed by atoms with Crippen molar-refractivity contribution in [1.82, 2.24) is 4.98 Å². The number of aromatic nitrogens is 1. The molecule has 1 rings (SSSR count). The summed E-state index contributed by atoms with van der Waals surface area (Å²) in [6, 6.07) is 3.27. The van der Waals surface area contributed by atoms with Crippen molar-refractivity contribution in [3.8, 4) is 0 Å². The van der Waals surface area contributed by atoms with Crippen LogP contribution in [0.5, 0.6) is 0 Å². The third kappa shape index (κ3) is 3.20. The molecule has 88 valence electrons. The number of aliphatic hydroxyl groups is 1. The predicted octanol–water partition coefficient (Wildman–Crippen LogP) is 0.989. The Morgan fingerprint density at radius 3 is 2.81 bits per heavy atom. The molecule has 0 unspecified atom stereocenters. The number of aliphatic hydroxyl groups excluding tert-OH is 1. The van der Waals surface area contributed by atoms with E-state index < -0.39 is 5.97 Å². The van der Waals surface area contributed by atoms with E-state index in [1.165, 1.54) is 12.3 Å². The Hall–Kier alpha value is -1.62. The first-order chi connectivity index (χ1) is 7.69. The Balaban J connectivity index is 2.90. The number of rotatable bonds is 6. The monoisotopic (exact) mass is 224 g/mol. The summed E-state index contributed by atoms with van der Waals surface area (Å²) in [6.45, 7) is 3.36. The van der Waals surface area contributed by atoms with Crippen molar-refractivity contribution in [2.75, 3.05) is 24.6 Å². The lowest BCUT2D eigenvalue weighted by Gasteiger charge is -2.23. The first-order valence-corrected chi connectivity index (χ1v) is 5.24. The average molecular weight is 224 g/mol. The van der Waals surface area contributed by atoms with E-state index in [1.54, 1.807) is 6.07 Å². The quantitative estimate of drug-likeness (QED) is 0.753. The minimum Gasteiger partial charge on any atom is -0.477 e. The molecule has 0 bridgehead atoms. The summed E-state index contributed by atoms with van der Waals surface area (Å²) in [4.78, 5) is 16.5. The van der Waals surface area contributed by atoms with Gasteiger partial charge in [0.1, 0.15) is 5.69 Å². The number of carbonyl (C=O) groups is 1. The molecular formula is C11H16N2O3. The summed E-state index contributed by atoms with van der Waals surface area (Å²) in [5.74, 6) is -1.04. The van der Waals surface area contributed by atoms with Crippen molar-refractivity contribution in [2.45, 2.75) is 13.3 Å². The lowest BCUT2D eigenvalue weighted by molar-refractivity contribution is 0.0690. The second-order valence-electron chi connectivity index (χ2n) is 3.42. The standard InChI is InChI=1S/C11H16N2O3/c1-2-5-13(6-7-14)9-3-4-12-10(8-9)11(15)16/h3-4,8,14H,2,5-7H2,1H3,(H,15,16). The van der Waals surface area contributed by atoms with Crippen LogP contribution in [0, 0.1) is 0 Å². The van der Waals surface area contributed by atoms with Crippen LogP contribution in [0.3, 0.4) is 0 Å². The van der Waals surface area contributed by atoms with Gasteiger partial charge in [-0.3, -0.25) is 0 Å². The zero-order valence-electron chi connectivity index (χ0n) is 9.26. The topological polar surface area (TPSA) is 73.7 Å². The van der Waals surface area contributed by atoms with Crippen LogP contribution in [0.1, 0.15) is 23.8 Å². The van der Waals surface area contributed by atoms with Crippen molar-refractivity contribution in [3.63, 3.8) is 0 Å². The third-order valence-corrected chi connectivity index (χ3v) is 2.19. The van der Waals surface area contributed by atoms with Gasteiger partial charge in [0.25, 0.3) is 0 Å². The number of nitrogens with zero attached hydrogens (tertiary/aromatic N) is 2. The van der Waals surface area contributed by atoms with Crippen molar-refractivity contribution < 1.29 is 15.0 Å². The van der Waals surface area contributed by atoms with E-state index in [1.807, 2.05) is 11.8 Å². The molecule has 16 heavy (non-hydrogen) atoms. The highest BCUT2D eigenvalue weighted by Crippen LogP contribution is 2.14. The van der Waals surface area contributed by atoms with Crippen LogP contribution in [0.2, 0.25) is 0 Å². The zero-order valence-corrected chi connectivity index (χ0v) is 9.26. The molecule has 0 aliphatic carbocycles. The number of aromatic carboxylic acids is 1. The highest BCUT2D eigenvalue weighted by molar-refractivity contribution is 5.86. The molecule has 5 heteroatoms. The minimum atomic E-state index is -1.04. The van der Waals surface area contributed by atoms with Gasteiger partial charge < -0.3 is 15.1 Å². The first kappa shape index (κ1) is 12.4. The third-order valence-electron chi connectivity index (χ3n) is 2.19. The fraction of sp³-hybridized carbons (Fsp3) is 0.455. The van der Waals surface area contributed by atoms with Crippen LogP contribution in [0.25, 0.3) is 0 Å². The number of hydrogen-bond acceptors (Lipinski definition) is 4. The van der Waals surface area contributed by atoms with Crippen LogP contribution in [0.15, 0.2) is 18.3 Å². The van der Waals surface area contributed by atoms with E-state index in [-0.39, 0.29) is 12.3 Å². The number of carboxylic acid groups (broad SMARTS) is 1. The molecule has 0 saturated heterocycles. The van der Waals surface area contributed by atoms with Gasteiger partial charge in [-0.25, -0.2) is 9.78 Å². The van der Waals surface area contributed by atoms with E-state index in [2.05, 4.69) is 4.98 Å². The molecule has 0 fully saturated rings. The number of hydrogen-bond donors (Lipinski definition) is 2. The molecule has 0 radical (unpaired) electrons. The SMILES string of the molecule is CCCN(CCO)c1ccnc(C(=O)O)c1. The summed E-state index contributed by atoms with van der Waals surface area (Å²) in [5.41, 5.74) is 0.805. The van der Waals surface area contributed by atoms with Gasteiger partial charge in [-0.15, -0.1) is 0 Å². The fourth-order valence-electron chi connectivity index (χ4n) is 1.49. The molecule has 0 atom stereocenters. The van der Waals surface area contributed by atoms with Crippen LogP contribution >= 0.6 is 0 Å². The number of anilines is 1. The van der Waals surface area contributed by atoms with Crippen molar-refractivity contribution in [2.24, 2.45) is 0 Å². The number of pyridine rings is 1. The first-order valence-electron chi connectivity index (χ1n) is 5.24. The van der Waals surface area contributed by atoms with Gasteiger partial charge in [-0.1, -0.05) is 6.92 Å². The molecule has 0 aromatic carbocycles. The summed E-state index contributed by atoms with van der Waals surface area (Å²) in [6.07, 6.45) is 2.41. The molecular weight excluding hydrogens is 208 g/mol. The van der Waals surface area contributed by atoms with E-state index in [9.17, 15) is 4.79 Å². The maximum atomic E-state index is 10.8. The Morgan fingerprint density at radius 2 is 2.25 bits per heavy atom. The lowest BCUT2D eigenvalue weighted by Crippen LogP contribution is -2.27. The smallest absolute Gasteiger partial charge is 0.354 e. The molecule has 0 aliphatic rings. The molecule has 0 amide bonds. The van der Waals surface area contributed by atoms with E-state index in [0.29, 0.717) is 6.54 Å². The van der Waals surface area contributed by atoms with Gasteiger partial charge in [-0.05, 0) is 18.6 Å². The largest absolute Gasteiger partial charge is 0.477 e. The average Bonchev–Trinajstić information content (AvgIpc) is 2.29. The van der Waals surface area contributed by atoms with Gasteiger partial charge in [0.2, 0.25) is 0 Å². The van der Waals surface area contributed by atoms with E-state index in [0.717, 1.165) is 18.7 Å². The van der Waals surface area contributed by atoms with Crippen molar-refractivity contribution in [3.05, 3.63) is 24.0 Å². The van der Waals surface area contributed by atoms with Gasteiger partial charge >= 0.3 is 5.97 Å². The van der Waals surface area contributed by atoms with Gasteiger partial charge in [0.15, 0.2) is 0 Å². The van der Waals surface area contributed by atoms with Crippen LogP contribution < -0.4 is 4.90 Å². The van der Waals surface area contributed by atoms with Crippen LogP contribution in [-0.4, -0.2) is 40.9 Å². The lowest BCUT2D eigenvalue weighted by atomic mass is 10.2. The van der Waals surface area contributed by atoms with Gasteiger partial charge in [-0.2, -0.15) is 0 Å². The Kier molecular flexibility index (Phi) is 4.72. The van der Waals surface area contributed by atoms with Gasteiger partial charge in [0, 0.05) is 25.0 Å². The summed E-state index contributed by atoms with van der Waals surface area (Å²) in [7, 11) is 0. The Labute approximate surface area is 94.4 Å². The van der Waals surface area contributed by atoms with E-state index in [4.69, 9.17) is 10.2 Å². The molecule has 1 aromatic rings. The molecule has 0 saturated carbocycles.